The highest BCUT2D eigenvalue weighted by Gasteiger charge is 2.50. The minimum absolute atomic E-state index is 0.0217. The van der Waals surface area contributed by atoms with Crippen molar-refractivity contribution in [1.29, 1.82) is 0 Å². The summed E-state index contributed by atoms with van der Waals surface area (Å²) in [6.45, 7) is 12.0. The molecule has 0 aliphatic carbocycles. The molecule has 9 heteroatoms. The average Bonchev–Trinajstić information content (AvgIpc) is 3.49. The maximum absolute atomic E-state index is 13.1. The predicted molar refractivity (Wildman–Crippen MR) is 172 cm³/mol. The molecule has 0 amide bonds. The van der Waals surface area contributed by atoms with Gasteiger partial charge in [0.05, 0.1) is 11.4 Å². The second-order valence-electron chi connectivity index (χ2n) is 12.4. The van der Waals surface area contributed by atoms with Crippen LogP contribution in [0.1, 0.15) is 60.3 Å². The Morgan fingerprint density at radius 1 is 0.786 bits per heavy atom. The van der Waals surface area contributed by atoms with E-state index in [9.17, 15) is 8.42 Å². The van der Waals surface area contributed by atoms with Crippen LogP contribution >= 0.6 is 0 Å². The van der Waals surface area contributed by atoms with Gasteiger partial charge >= 0.3 is 0 Å². The Bertz CT molecular complexity index is 1450. The summed E-state index contributed by atoms with van der Waals surface area (Å²) in [4.78, 5) is 0. The van der Waals surface area contributed by atoms with Gasteiger partial charge in [-0.25, -0.2) is 8.42 Å². The zero-order valence-corrected chi connectivity index (χ0v) is 27.3. The monoisotopic (exact) mass is 604 g/mol. The maximum Gasteiger partial charge on any atom is 0.272 e. The Morgan fingerprint density at radius 2 is 1.31 bits per heavy atom. The van der Waals surface area contributed by atoms with Gasteiger partial charge < -0.3 is 4.43 Å². The largest absolute Gasteiger partial charge is 0.407 e. The van der Waals surface area contributed by atoms with Gasteiger partial charge in [0.2, 0.25) is 9.84 Å². The average molecular weight is 605 g/mol. The van der Waals surface area contributed by atoms with E-state index < -0.39 is 18.2 Å². The minimum Gasteiger partial charge on any atom is -0.407 e. The van der Waals surface area contributed by atoms with Crippen LogP contribution in [0, 0.1) is 11.8 Å². The van der Waals surface area contributed by atoms with Crippen LogP contribution in [0.3, 0.4) is 0 Å². The quantitative estimate of drug-likeness (QED) is 0.168. The summed E-state index contributed by atoms with van der Waals surface area (Å²) in [6, 6.07) is 30.6. The summed E-state index contributed by atoms with van der Waals surface area (Å²) in [5.74, 6) is 0.678. The molecule has 0 aliphatic heterocycles. The molecular weight excluding hydrogens is 561 g/mol. The topological polar surface area (TPSA) is 87.0 Å². The van der Waals surface area contributed by atoms with E-state index in [1.54, 1.807) is 12.1 Å². The Morgan fingerprint density at radius 3 is 1.86 bits per heavy atom. The van der Waals surface area contributed by atoms with Gasteiger partial charge in [-0.3, -0.25) is 0 Å². The van der Waals surface area contributed by atoms with Crippen LogP contribution in [0.4, 0.5) is 0 Å². The van der Waals surface area contributed by atoms with Gasteiger partial charge in [-0.2, -0.15) is 4.68 Å². The molecule has 0 radical (unpaired) electrons. The number of benzene rings is 3. The van der Waals surface area contributed by atoms with Crippen molar-refractivity contribution in [3.05, 3.63) is 91.0 Å². The molecular formula is C33H44N4O3SSi. The SMILES string of the molecule is C[C@H](CCC[C@H](C)CO[Si](c1ccccc1)(c1ccccc1)C(C)(C)C)CCS(=O)(=O)c1nnnn1-c1ccccc1. The van der Waals surface area contributed by atoms with Crippen LogP contribution in [0.25, 0.3) is 5.69 Å². The maximum atomic E-state index is 13.1. The van der Waals surface area contributed by atoms with Crippen molar-refractivity contribution in [1.82, 2.24) is 20.2 Å². The highest BCUT2D eigenvalue weighted by Crippen LogP contribution is 2.37. The van der Waals surface area contributed by atoms with E-state index >= 15 is 0 Å². The lowest BCUT2D eigenvalue weighted by Crippen LogP contribution is -2.66. The molecule has 0 aliphatic rings. The van der Waals surface area contributed by atoms with E-state index in [-0.39, 0.29) is 21.9 Å². The third kappa shape index (κ3) is 7.43. The molecule has 0 bridgehead atoms. The molecule has 0 unspecified atom stereocenters. The summed E-state index contributed by atoms with van der Waals surface area (Å²) < 4.78 is 34.6. The number of sulfone groups is 1. The van der Waals surface area contributed by atoms with Crippen LogP contribution in [-0.2, 0) is 14.3 Å². The normalized spacial score (nSPS) is 14.0. The number of para-hydroxylation sites is 1. The minimum atomic E-state index is -3.61. The van der Waals surface area contributed by atoms with Crippen LogP contribution in [0.15, 0.2) is 96.2 Å². The van der Waals surface area contributed by atoms with Crippen molar-refractivity contribution in [3.8, 4) is 5.69 Å². The number of tetrazole rings is 1. The molecule has 0 saturated heterocycles. The first-order valence-electron chi connectivity index (χ1n) is 14.9. The number of aromatic nitrogens is 4. The smallest absolute Gasteiger partial charge is 0.272 e. The molecule has 4 aromatic rings. The molecule has 0 fully saturated rings. The molecule has 1 aromatic heterocycles. The molecule has 0 saturated carbocycles. The van der Waals surface area contributed by atoms with Crippen molar-refractivity contribution < 1.29 is 12.8 Å². The van der Waals surface area contributed by atoms with Gasteiger partial charge in [0, 0.05) is 6.61 Å². The predicted octanol–water partition coefficient (Wildman–Crippen LogP) is 5.85. The third-order valence-corrected chi connectivity index (χ3v) is 14.6. The fourth-order valence-electron chi connectivity index (χ4n) is 5.62. The zero-order valence-electron chi connectivity index (χ0n) is 25.5. The Kier molecular flexibility index (Phi) is 10.5. The summed E-state index contributed by atoms with van der Waals surface area (Å²) in [5, 5.41) is 13.8. The summed E-state index contributed by atoms with van der Waals surface area (Å²) in [5.41, 5.74) is 0.628. The van der Waals surface area contributed by atoms with Crippen LogP contribution in [-0.4, -0.2) is 49.3 Å². The molecule has 7 nitrogen and oxygen atoms in total. The summed E-state index contributed by atoms with van der Waals surface area (Å²) >= 11 is 0. The molecule has 4 rings (SSSR count). The Balaban J connectivity index is 1.33. The highest BCUT2D eigenvalue weighted by atomic mass is 32.2. The molecule has 0 spiro atoms. The first kappa shape index (κ1) is 31.8. The second kappa shape index (κ2) is 13.9. The number of hydrogen-bond donors (Lipinski definition) is 0. The van der Waals surface area contributed by atoms with Gasteiger partial charge in [0.1, 0.15) is 0 Å². The molecule has 0 N–H and O–H groups in total. The fraction of sp³-hybridized carbons (Fsp3) is 0.424. The van der Waals surface area contributed by atoms with E-state index in [1.165, 1.54) is 15.1 Å². The van der Waals surface area contributed by atoms with Gasteiger partial charge in [-0.15, -0.1) is 0 Å². The molecule has 1 heterocycles. The molecule has 2 atom stereocenters. The molecule has 224 valence electrons. The standard InChI is InChI=1S/C33H44N4O3SSi/c1-27(24-25-41(38,39)32-34-35-36-37(32)29-18-9-6-10-19-29)16-15-17-28(2)26-40-42(33(3,4)5,30-20-11-7-12-21-30)31-22-13-8-14-23-31/h6-14,18-23,27-28H,15-17,24-26H2,1-5H3/t27-,28+/m1/s1. The van der Waals surface area contributed by atoms with Gasteiger partial charge in [0.25, 0.3) is 13.5 Å². The van der Waals surface area contributed by atoms with Crippen molar-refractivity contribution in [2.45, 2.75) is 70.5 Å². The molecule has 3 aromatic carbocycles. The van der Waals surface area contributed by atoms with E-state index in [1.807, 2.05) is 18.2 Å². The lowest BCUT2D eigenvalue weighted by atomic mass is 9.97. The van der Waals surface area contributed by atoms with E-state index in [2.05, 4.69) is 111 Å². The second-order valence-corrected chi connectivity index (χ2v) is 18.7. The van der Waals surface area contributed by atoms with E-state index in [0.29, 0.717) is 24.6 Å². The van der Waals surface area contributed by atoms with Crippen molar-refractivity contribution in [2.24, 2.45) is 11.8 Å². The zero-order chi connectivity index (χ0) is 30.2. The van der Waals surface area contributed by atoms with Gasteiger partial charge in [0.15, 0.2) is 0 Å². The number of nitrogens with zero attached hydrogens (tertiary/aromatic N) is 4. The number of rotatable bonds is 14. The third-order valence-electron chi connectivity index (χ3n) is 7.99. The van der Waals surface area contributed by atoms with Crippen molar-refractivity contribution >= 4 is 28.5 Å². The van der Waals surface area contributed by atoms with Crippen molar-refractivity contribution in [2.75, 3.05) is 12.4 Å². The van der Waals surface area contributed by atoms with Gasteiger partial charge in [-0.05, 0) is 62.6 Å². The van der Waals surface area contributed by atoms with Crippen molar-refractivity contribution in [3.63, 3.8) is 0 Å². The first-order chi connectivity index (χ1) is 20.0. The lowest BCUT2D eigenvalue weighted by Gasteiger charge is -2.43. The van der Waals surface area contributed by atoms with E-state index in [0.717, 1.165) is 19.3 Å². The first-order valence-corrected chi connectivity index (χ1v) is 18.4. The fourth-order valence-corrected chi connectivity index (χ4v) is 11.8. The Labute approximate surface area is 252 Å². The van der Waals surface area contributed by atoms with Crippen LogP contribution in [0.5, 0.6) is 0 Å². The van der Waals surface area contributed by atoms with Crippen LogP contribution in [0.2, 0.25) is 5.04 Å². The Hall–Kier alpha value is -3.14. The highest BCUT2D eigenvalue weighted by molar-refractivity contribution is 7.91. The van der Waals surface area contributed by atoms with Gasteiger partial charge in [-0.1, -0.05) is 131 Å². The molecule has 42 heavy (non-hydrogen) atoms. The lowest BCUT2D eigenvalue weighted by molar-refractivity contribution is 0.233. The number of hydrogen-bond acceptors (Lipinski definition) is 6. The summed E-state index contributed by atoms with van der Waals surface area (Å²) in [6.07, 6.45) is 3.58. The summed E-state index contributed by atoms with van der Waals surface area (Å²) in [7, 11) is -6.16. The van der Waals surface area contributed by atoms with E-state index in [4.69, 9.17) is 4.43 Å². The van der Waals surface area contributed by atoms with Crippen LogP contribution < -0.4 is 10.4 Å².